The van der Waals surface area contributed by atoms with Crippen LogP contribution in [0, 0.1) is 12.8 Å². The third kappa shape index (κ3) is 3.77. The molecule has 1 amide bonds. The number of nitrogens with zero attached hydrogens (tertiary/aromatic N) is 1. The molecule has 3 nitrogen and oxygen atoms in total. The highest BCUT2D eigenvalue weighted by Gasteiger charge is 2.08. The van der Waals surface area contributed by atoms with Crippen LogP contribution in [0.3, 0.4) is 0 Å². The van der Waals surface area contributed by atoms with Crippen molar-refractivity contribution in [3.05, 3.63) is 29.3 Å². The molecule has 1 aromatic carbocycles. The molecule has 0 fully saturated rings. The molecule has 1 aromatic rings. The first-order valence-electron chi connectivity index (χ1n) is 5.98. The smallest absolute Gasteiger partial charge is 0.251 e. The van der Waals surface area contributed by atoms with Crippen molar-refractivity contribution >= 4 is 11.6 Å². The predicted molar refractivity (Wildman–Crippen MR) is 72.7 cm³/mol. The summed E-state index contributed by atoms with van der Waals surface area (Å²) >= 11 is 0. The van der Waals surface area contributed by atoms with Crippen LogP contribution in [0.1, 0.15) is 29.8 Å². The molecular formula is C14H22N2O. The Bertz CT molecular complexity index is 397. The van der Waals surface area contributed by atoms with Crippen LogP contribution in [0.5, 0.6) is 0 Å². The van der Waals surface area contributed by atoms with E-state index >= 15 is 0 Å². The number of rotatable bonds is 4. The molecule has 17 heavy (non-hydrogen) atoms. The third-order valence-electron chi connectivity index (χ3n) is 2.61. The number of benzene rings is 1. The Morgan fingerprint density at radius 2 is 2.00 bits per heavy atom. The molecule has 0 bridgehead atoms. The molecule has 0 aliphatic heterocycles. The van der Waals surface area contributed by atoms with Crippen molar-refractivity contribution in [2.75, 3.05) is 25.5 Å². The second kappa shape index (κ2) is 5.71. The SMILES string of the molecule is Cc1cc(C(=O)NCC(C)C)ccc1N(C)C. The normalized spacial score (nSPS) is 10.5. The van der Waals surface area contributed by atoms with E-state index in [1.54, 1.807) is 0 Å². The van der Waals surface area contributed by atoms with Gasteiger partial charge in [0.1, 0.15) is 0 Å². The van der Waals surface area contributed by atoms with E-state index < -0.39 is 0 Å². The number of anilines is 1. The topological polar surface area (TPSA) is 32.3 Å². The second-order valence-electron chi connectivity index (χ2n) is 5.00. The first kappa shape index (κ1) is 13.6. The zero-order valence-corrected chi connectivity index (χ0v) is 11.4. The summed E-state index contributed by atoms with van der Waals surface area (Å²) < 4.78 is 0. The number of amides is 1. The molecule has 0 saturated heterocycles. The van der Waals surface area contributed by atoms with Gasteiger partial charge in [-0.15, -0.1) is 0 Å². The number of nitrogens with one attached hydrogen (secondary N) is 1. The Kier molecular flexibility index (Phi) is 4.55. The van der Waals surface area contributed by atoms with Crippen LogP contribution < -0.4 is 10.2 Å². The van der Waals surface area contributed by atoms with Gasteiger partial charge in [-0.3, -0.25) is 4.79 Å². The molecule has 0 radical (unpaired) electrons. The molecular weight excluding hydrogens is 212 g/mol. The van der Waals surface area contributed by atoms with Crippen molar-refractivity contribution in [3.8, 4) is 0 Å². The zero-order valence-electron chi connectivity index (χ0n) is 11.4. The quantitative estimate of drug-likeness (QED) is 0.868. The van der Waals surface area contributed by atoms with E-state index in [0.717, 1.165) is 16.8 Å². The molecule has 0 aromatic heterocycles. The van der Waals surface area contributed by atoms with Crippen LogP contribution in [-0.2, 0) is 0 Å². The van der Waals surface area contributed by atoms with E-state index in [9.17, 15) is 4.79 Å². The molecule has 3 heteroatoms. The summed E-state index contributed by atoms with van der Waals surface area (Å²) in [6.45, 7) is 6.91. The fraction of sp³-hybridized carbons (Fsp3) is 0.500. The molecule has 0 saturated carbocycles. The van der Waals surface area contributed by atoms with Crippen LogP contribution in [0.4, 0.5) is 5.69 Å². The summed E-state index contributed by atoms with van der Waals surface area (Å²) in [6, 6.07) is 5.79. The lowest BCUT2D eigenvalue weighted by atomic mass is 10.1. The van der Waals surface area contributed by atoms with Crippen LogP contribution in [0.25, 0.3) is 0 Å². The number of aryl methyl sites for hydroxylation is 1. The minimum atomic E-state index is 0.00658. The third-order valence-corrected chi connectivity index (χ3v) is 2.61. The van der Waals surface area contributed by atoms with E-state index in [0.29, 0.717) is 12.5 Å². The van der Waals surface area contributed by atoms with Gasteiger partial charge in [-0.1, -0.05) is 13.8 Å². The minimum Gasteiger partial charge on any atom is -0.377 e. The highest BCUT2D eigenvalue weighted by atomic mass is 16.1. The molecule has 94 valence electrons. The number of hydrogen-bond donors (Lipinski definition) is 1. The molecule has 1 N–H and O–H groups in total. The molecule has 0 aliphatic carbocycles. The monoisotopic (exact) mass is 234 g/mol. The van der Waals surface area contributed by atoms with Gasteiger partial charge in [-0.05, 0) is 36.6 Å². The number of hydrogen-bond acceptors (Lipinski definition) is 2. The highest BCUT2D eigenvalue weighted by Crippen LogP contribution is 2.18. The van der Waals surface area contributed by atoms with Gasteiger partial charge in [0.15, 0.2) is 0 Å². The average Bonchev–Trinajstić information content (AvgIpc) is 2.25. The second-order valence-corrected chi connectivity index (χ2v) is 5.00. The van der Waals surface area contributed by atoms with Gasteiger partial charge >= 0.3 is 0 Å². The van der Waals surface area contributed by atoms with Crippen molar-refractivity contribution in [1.29, 1.82) is 0 Å². The Labute approximate surface area is 104 Å². The van der Waals surface area contributed by atoms with Crippen molar-refractivity contribution in [3.63, 3.8) is 0 Å². The minimum absolute atomic E-state index is 0.00658. The maximum Gasteiger partial charge on any atom is 0.251 e. The zero-order chi connectivity index (χ0) is 13.0. The molecule has 0 atom stereocenters. The van der Waals surface area contributed by atoms with Crippen molar-refractivity contribution in [2.45, 2.75) is 20.8 Å². The fourth-order valence-corrected chi connectivity index (χ4v) is 1.70. The summed E-state index contributed by atoms with van der Waals surface area (Å²) in [6.07, 6.45) is 0. The summed E-state index contributed by atoms with van der Waals surface area (Å²) in [4.78, 5) is 13.9. The van der Waals surface area contributed by atoms with Gasteiger partial charge in [0.25, 0.3) is 5.91 Å². The number of carbonyl (C=O) groups is 1. The van der Waals surface area contributed by atoms with Crippen LogP contribution in [0.2, 0.25) is 0 Å². The number of carbonyl (C=O) groups excluding carboxylic acids is 1. The van der Waals surface area contributed by atoms with Crippen molar-refractivity contribution in [1.82, 2.24) is 5.32 Å². The standard InChI is InChI=1S/C14H22N2O/c1-10(2)9-15-14(17)12-6-7-13(16(4)5)11(3)8-12/h6-8,10H,9H2,1-5H3,(H,15,17). The first-order valence-corrected chi connectivity index (χ1v) is 5.98. The summed E-state index contributed by atoms with van der Waals surface area (Å²) in [5, 5.41) is 2.92. The molecule has 1 rings (SSSR count). The summed E-state index contributed by atoms with van der Waals surface area (Å²) in [7, 11) is 4.00. The van der Waals surface area contributed by atoms with Gasteiger partial charge in [-0.25, -0.2) is 0 Å². The van der Waals surface area contributed by atoms with Crippen LogP contribution in [0.15, 0.2) is 18.2 Å². The van der Waals surface area contributed by atoms with E-state index in [1.165, 1.54) is 0 Å². The maximum atomic E-state index is 11.9. The summed E-state index contributed by atoms with van der Waals surface area (Å²) in [5.74, 6) is 0.480. The summed E-state index contributed by atoms with van der Waals surface area (Å²) in [5.41, 5.74) is 2.99. The van der Waals surface area contributed by atoms with Crippen molar-refractivity contribution < 1.29 is 4.79 Å². The highest BCUT2D eigenvalue weighted by molar-refractivity contribution is 5.94. The van der Waals surface area contributed by atoms with E-state index in [4.69, 9.17) is 0 Å². The van der Waals surface area contributed by atoms with Crippen molar-refractivity contribution in [2.24, 2.45) is 5.92 Å². The largest absolute Gasteiger partial charge is 0.377 e. The van der Waals surface area contributed by atoms with E-state index in [2.05, 4.69) is 19.2 Å². The molecule has 0 heterocycles. The Morgan fingerprint density at radius 1 is 1.35 bits per heavy atom. The van der Waals surface area contributed by atoms with Gasteiger partial charge < -0.3 is 10.2 Å². The Morgan fingerprint density at radius 3 is 2.47 bits per heavy atom. The van der Waals surface area contributed by atoms with Gasteiger partial charge in [0, 0.05) is 31.9 Å². The van der Waals surface area contributed by atoms with Gasteiger partial charge in [0.05, 0.1) is 0 Å². The maximum absolute atomic E-state index is 11.9. The van der Waals surface area contributed by atoms with Gasteiger partial charge in [-0.2, -0.15) is 0 Å². The fourth-order valence-electron chi connectivity index (χ4n) is 1.70. The van der Waals surface area contributed by atoms with Crippen LogP contribution in [-0.4, -0.2) is 26.5 Å². The predicted octanol–water partition coefficient (Wildman–Crippen LogP) is 2.45. The lowest BCUT2D eigenvalue weighted by molar-refractivity contribution is 0.0949. The molecule has 0 spiro atoms. The lowest BCUT2D eigenvalue weighted by Crippen LogP contribution is -2.27. The molecule has 0 aliphatic rings. The van der Waals surface area contributed by atoms with Gasteiger partial charge in [0.2, 0.25) is 0 Å². The van der Waals surface area contributed by atoms with Crippen LogP contribution >= 0.6 is 0 Å². The van der Waals surface area contributed by atoms with E-state index in [-0.39, 0.29) is 5.91 Å². The Hall–Kier alpha value is -1.51. The molecule has 0 unspecified atom stereocenters. The first-order chi connectivity index (χ1) is 7.91. The van der Waals surface area contributed by atoms with E-state index in [1.807, 2.05) is 44.1 Å². The lowest BCUT2D eigenvalue weighted by Gasteiger charge is -2.16. The average molecular weight is 234 g/mol. The Balaban J connectivity index is 2.79.